The molecule has 3 heterocycles. The Morgan fingerprint density at radius 3 is 2.61 bits per heavy atom. The monoisotopic (exact) mass is 637 g/mol. The molecule has 1 spiro atoms. The van der Waals surface area contributed by atoms with Crippen molar-refractivity contribution in [3.8, 4) is 0 Å². The van der Waals surface area contributed by atoms with Crippen molar-refractivity contribution in [1.29, 1.82) is 0 Å². The standard InChI is InChI=1S/C36H51N3O7/c1-4-7-18-29(41)45-25-27(26-16-12-11-13-17-26)37-33(42)30-28-19-20-36(46-28)31(30)34(43)39(23-14-9-10-15-24-40)32(36)35(44)38(21-6-3)22-8-5-2/h4,6,11-13,16-17,27-28,30-32,40H,1,3,5,7-10,14-15,18-25H2,2H3,(H,37,42)/t27-,28-,30+,31+,32-,36+/m0/s1. The zero-order valence-electron chi connectivity index (χ0n) is 27.2. The number of unbranched alkanes of at least 4 members (excludes halogenated alkanes) is 4. The normalized spacial score (nSPS) is 25.2. The number of ether oxygens (including phenoxy) is 2. The van der Waals surface area contributed by atoms with Crippen LogP contribution in [0.4, 0.5) is 0 Å². The first-order chi connectivity index (χ1) is 22.3. The highest BCUT2D eigenvalue weighted by molar-refractivity contribution is 5.99. The Kier molecular flexibility index (Phi) is 13.0. The average molecular weight is 638 g/mol. The zero-order valence-corrected chi connectivity index (χ0v) is 27.2. The molecule has 1 aromatic rings. The Morgan fingerprint density at radius 1 is 1.15 bits per heavy atom. The Morgan fingerprint density at radius 2 is 1.91 bits per heavy atom. The van der Waals surface area contributed by atoms with Gasteiger partial charge in [0.2, 0.25) is 17.7 Å². The maximum Gasteiger partial charge on any atom is 0.306 e. The Bertz CT molecular complexity index is 1220. The van der Waals surface area contributed by atoms with Gasteiger partial charge in [-0.15, -0.1) is 13.2 Å². The predicted octanol–water partition coefficient (Wildman–Crippen LogP) is 4.10. The molecule has 252 valence electrons. The van der Waals surface area contributed by atoms with E-state index in [1.165, 1.54) is 0 Å². The fraction of sp³-hybridized carbons (Fsp3) is 0.611. The molecule has 3 saturated heterocycles. The number of fused-ring (bicyclic) bond motifs is 1. The summed E-state index contributed by atoms with van der Waals surface area (Å²) in [6, 6.07) is 7.86. The van der Waals surface area contributed by atoms with Crippen molar-refractivity contribution in [2.24, 2.45) is 11.8 Å². The van der Waals surface area contributed by atoms with Gasteiger partial charge in [0.05, 0.1) is 24.0 Å². The third-order valence-electron chi connectivity index (χ3n) is 9.57. The van der Waals surface area contributed by atoms with Gasteiger partial charge in [0, 0.05) is 32.7 Å². The molecule has 0 unspecified atom stereocenters. The van der Waals surface area contributed by atoms with Gasteiger partial charge >= 0.3 is 5.97 Å². The number of likely N-dealkylation sites (tertiary alicyclic amines) is 1. The zero-order chi connectivity index (χ0) is 33.1. The number of nitrogens with zero attached hydrogens (tertiary/aromatic N) is 2. The van der Waals surface area contributed by atoms with Crippen molar-refractivity contribution in [2.45, 2.75) is 94.9 Å². The first kappa shape index (κ1) is 35.4. The topological polar surface area (TPSA) is 125 Å². The molecule has 0 aromatic heterocycles. The summed E-state index contributed by atoms with van der Waals surface area (Å²) >= 11 is 0. The van der Waals surface area contributed by atoms with Gasteiger partial charge in [-0.25, -0.2) is 0 Å². The summed E-state index contributed by atoms with van der Waals surface area (Å²) in [7, 11) is 0. The van der Waals surface area contributed by atoms with Crippen LogP contribution in [0.25, 0.3) is 0 Å². The average Bonchev–Trinajstić information content (AvgIpc) is 3.71. The number of aliphatic hydroxyl groups is 1. The van der Waals surface area contributed by atoms with Crippen LogP contribution in [-0.4, -0.2) is 89.2 Å². The van der Waals surface area contributed by atoms with Crippen LogP contribution >= 0.6 is 0 Å². The maximum atomic E-state index is 14.3. The minimum atomic E-state index is -1.09. The molecule has 3 aliphatic heterocycles. The highest BCUT2D eigenvalue weighted by Crippen LogP contribution is 2.58. The van der Waals surface area contributed by atoms with Gasteiger partial charge in [-0.1, -0.05) is 68.7 Å². The van der Waals surface area contributed by atoms with Gasteiger partial charge in [-0.2, -0.15) is 0 Å². The van der Waals surface area contributed by atoms with Crippen LogP contribution in [0, 0.1) is 11.8 Å². The van der Waals surface area contributed by atoms with Crippen molar-refractivity contribution in [3.05, 3.63) is 61.2 Å². The van der Waals surface area contributed by atoms with Gasteiger partial charge < -0.3 is 29.7 Å². The van der Waals surface area contributed by atoms with E-state index in [0.29, 0.717) is 51.7 Å². The minimum Gasteiger partial charge on any atom is -0.463 e. The summed E-state index contributed by atoms with van der Waals surface area (Å²) in [4.78, 5) is 58.6. The van der Waals surface area contributed by atoms with E-state index in [0.717, 1.165) is 31.2 Å². The molecule has 6 atom stereocenters. The summed E-state index contributed by atoms with van der Waals surface area (Å²) in [6.07, 6.45) is 9.39. The van der Waals surface area contributed by atoms with Gasteiger partial charge in [0.15, 0.2) is 0 Å². The first-order valence-electron chi connectivity index (χ1n) is 16.9. The summed E-state index contributed by atoms with van der Waals surface area (Å²) in [6.45, 7) is 10.9. The molecule has 3 amide bonds. The smallest absolute Gasteiger partial charge is 0.306 e. The molecule has 4 rings (SSSR count). The van der Waals surface area contributed by atoms with Crippen LogP contribution in [0.5, 0.6) is 0 Å². The summed E-state index contributed by atoms with van der Waals surface area (Å²) < 4.78 is 12.2. The van der Waals surface area contributed by atoms with Crippen LogP contribution in [0.1, 0.15) is 82.7 Å². The summed E-state index contributed by atoms with van der Waals surface area (Å²) in [5, 5.41) is 12.3. The largest absolute Gasteiger partial charge is 0.463 e. The second kappa shape index (κ2) is 16.9. The molecule has 1 aromatic carbocycles. The lowest BCUT2D eigenvalue weighted by Gasteiger charge is -2.37. The van der Waals surface area contributed by atoms with E-state index in [1.54, 1.807) is 22.0 Å². The van der Waals surface area contributed by atoms with E-state index < -0.39 is 35.6 Å². The highest BCUT2D eigenvalue weighted by atomic mass is 16.5. The fourth-order valence-corrected chi connectivity index (χ4v) is 7.33. The second-order valence-electron chi connectivity index (χ2n) is 12.6. The molecule has 0 radical (unpaired) electrons. The van der Waals surface area contributed by atoms with E-state index in [-0.39, 0.29) is 43.3 Å². The highest BCUT2D eigenvalue weighted by Gasteiger charge is 2.74. The first-order valence-corrected chi connectivity index (χ1v) is 16.9. The van der Waals surface area contributed by atoms with E-state index in [4.69, 9.17) is 9.47 Å². The quantitative estimate of drug-likeness (QED) is 0.125. The number of hydrogen-bond donors (Lipinski definition) is 2. The van der Waals surface area contributed by atoms with Crippen LogP contribution in [0.2, 0.25) is 0 Å². The Balaban J connectivity index is 1.60. The number of nitrogens with one attached hydrogen (secondary N) is 1. The summed E-state index contributed by atoms with van der Waals surface area (Å²) in [5.41, 5.74) is -0.311. The molecule has 0 aliphatic carbocycles. The molecular formula is C36H51N3O7. The van der Waals surface area contributed by atoms with Crippen LogP contribution in [0.15, 0.2) is 55.6 Å². The van der Waals surface area contributed by atoms with Gasteiger partial charge in [-0.05, 0) is 44.1 Å². The van der Waals surface area contributed by atoms with E-state index in [9.17, 15) is 24.3 Å². The van der Waals surface area contributed by atoms with Crippen LogP contribution in [0.3, 0.4) is 0 Å². The molecule has 3 fully saturated rings. The minimum absolute atomic E-state index is 0.0528. The number of carbonyl (C=O) groups is 4. The number of carbonyl (C=O) groups excluding carboxylic acids is 4. The molecule has 3 aliphatic rings. The summed E-state index contributed by atoms with van der Waals surface area (Å²) in [5.74, 6) is -2.67. The third-order valence-corrected chi connectivity index (χ3v) is 9.57. The number of esters is 1. The van der Waals surface area contributed by atoms with Crippen LogP contribution < -0.4 is 5.32 Å². The number of amides is 3. The number of rotatable bonds is 20. The Labute approximate surface area is 273 Å². The van der Waals surface area contributed by atoms with Crippen molar-refractivity contribution in [1.82, 2.24) is 15.1 Å². The van der Waals surface area contributed by atoms with Gasteiger partial charge in [0.25, 0.3) is 0 Å². The lowest BCUT2D eigenvalue weighted by atomic mass is 9.70. The van der Waals surface area contributed by atoms with E-state index in [1.807, 2.05) is 30.3 Å². The molecule has 2 bridgehead atoms. The predicted molar refractivity (Wildman–Crippen MR) is 174 cm³/mol. The van der Waals surface area contributed by atoms with Crippen molar-refractivity contribution in [2.75, 3.05) is 32.8 Å². The van der Waals surface area contributed by atoms with Gasteiger partial charge in [0.1, 0.15) is 18.2 Å². The van der Waals surface area contributed by atoms with Gasteiger partial charge in [-0.3, -0.25) is 19.2 Å². The SMILES string of the molecule is C=CCCC(=O)OC[C@H](NC(=O)[C@@H]1[C@@H]2CC[C@]3(O2)[C@H](C(=O)N(CC=C)CCCC)N(CCCCCCO)C(=O)[C@@H]13)c1ccccc1. The Hall–Kier alpha value is -3.50. The molecule has 2 N–H and O–H groups in total. The van der Waals surface area contributed by atoms with E-state index in [2.05, 4.69) is 25.4 Å². The molecule has 10 nitrogen and oxygen atoms in total. The number of hydrogen-bond acceptors (Lipinski definition) is 7. The van der Waals surface area contributed by atoms with Crippen molar-refractivity contribution < 1.29 is 33.8 Å². The lowest BCUT2D eigenvalue weighted by molar-refractivity contribution is -0.148. The number of benzene rings is 1. The maximum absolute atomic E-state index is 14.3. The second-order valence-corrected chi connectivity index (χ2v) is 12.6. The molecule has 0 saturated carbocycles. The molecule has 10 heteroatoms. The van der Waals surface area contributed by atoms with E-state index >= 15 is 0 Å². The molecule has 46 heavy (non-hydrogen) atoms. The number of allylic oxidation sites excluding steroid dienone is 1. The lowest BCUT2D eigenvalue weighted by Crippen LogP contribution is -2.56. The third kappa shape index (κ3) is 7.72. The number of aliphatic hydroxyl groups excluding tert-OH is 1. The fourth-order valence-electron chi connectivity index (χ4n) is 7.33. The van der Waals surface area contributed by atoms with Crippen molar-refractivity contribution >= 4 is 23.7 Å². The van der Waals surface area contributed by atoms with Crippen molar-refractivity contribution in [3.63, 3.8) is 0 Å². The van der Waals surface area contributed by atoms with Crippen LogP contribution in [-0.2, 0) is 28.7 Å². The molecular weight excluding hydrogens is 586 g/mol.